The second-order valence-corrected chi connectivity index (χ2v) is 6.09. The predicted molar refractivity (Wildman–Crippen MR) is 90.9 cm³/mol. The molecule has 2 aromatic carbocycles. The molecule has 0 amide bonds. The summed E-state index contributed by atoms with van der Waals surface area (Å²) in [6, 6.07) is 4.37. The van der Waals surface area contributed by atoms with Crippen LogP contribution in [0.25, 0.3) is 11.1 Å². The van der Waals surface area contributed by atoms with E-state index in [-0.39, 0.29) is 41.7 Å². The lowest BCUT2D eigenvalue weighted by atomic mass is 9.92. The second kappa shape index (κ2) is 7.72. The first-order valence-corrected chi connectivity index (χ1v) is 8.16. The highest BCUT2D eigenvalue weighted by Crippen LogP contribution is 2.34. The van der Waals surface area contributed by atoms with Gasteiger partial charge in [-0.1, -0.05) is 6.07 Å². The zero-order valence-electron chi connectivity index (χ0n) is 14.8. The van der Waals surface area contributed by atoms with Crippen molar-refractivity contribution in [1.82, 2.24) is 0 Å². The van der Waals surface area contributed by atoms with Gasteiger partial charge in [0, 0.05) is 23.1 Å². The molecule has 0 aliphatic carbocycles. The summed E-state index contributed by atoms with van der Waals surface area (Å²) in [5, 5.41) is 0. The number of hydrogen-bond donors (Lipinski definition) is 0. The predicted octanol–water partition coefficient (Wildman–Crippen LogP) is 5.19. The van der Waals surface area contributed by atoms with Gasteiger partial charge in [0.2, 0.25) is 0 Å². The van der Waals surface area contributed by atoms with E-state index in [2.05, 4.69) is 0 Å². The zero-order chi connectivity index (χ0) is 18.7. The van der Waals surface area contributed by atoms with Crippen LogP contribution in [0.2, 0.25) is 0 Å². The van der Waals surface area contributed by atoms with Gasteiger partial charge in [0.25, 0.3) is 0 Å². The number of rotatable bonds is 5. The number of esters is 1. The summed E-state index contributed by atoms with van der Waals surface area (Å²) in [5.41, 5.74) is 1.40. The lowest BCUT2D eigenvalue weighted by Crippen LogP contribution is -2.09. The van der Waals surface area contributed by atoms with Crippen molar-refractivity contribution in [3.05, 3.63) is 57.9 Å². The number of carbonyl (C=O) groups excluding carboxylic acids is 1. The Bertz CT molecular complexity index is 790. The number of halogens is 3. The van der Waals surface area contributed by atoms with Gasteiger partial charge in [-0.25, -0.2) is 13.2 Å². The first kappa shape index (κ1) is 19.0. The van der Waals surface area contributed by atoms with E-state index in [1.54, 1.807) is 26.8 Å². The largest absolute Gasteiger partial charge is 0.466 e. The molecule has 0 spiro atoms. The van der Waals surface area contributed by atoms with Crippen LogP contribution < -0.4 is 0 Å². The van der Waals surface area contributed by atoms with Gasteiger partial charge in [0.1, 0.15) is 17.5 Å². The summed E-state index contributed by atoms with van der Waals surface area (Å²) in [6.07, 6.45) is -0.280. The Balaban J connectivity index is 2.53. The van der Waals surface area contributed by atoms with Crippen LogP contribution in [0.3, 0.4) is 0 Å². The Morgan fingerprint density at radius 1 is 1.00 bits per heavy atom. The van der Waals surface area contributed by atoms with E-state index in [4.69, 9.17) is 4.74 Å². The second-order valence-electron chi connectivity index (χ2n) is 6.09. The molecular weight excluding hydrogens is 329 g/mol. The summed E-state index contributed by atoms with van der Waals surface area (Å²) in [6.45, 7) is 6.79. The minimum Gasteiger partial charge on any atom is -0.466 e. The maximum absolute atomic E-state index is 14.9. The minimum atomic E-state index is -0.835. The fourth-order valence-electron chi connectivity index (χ4n) is 2.96. The van der Waals surface area contributed by atoms with Crippen molar-refractivity contribution in [2.75, 3.05) is 6.61 Å². The van der Waals surface area contributed by atoms with Crippen LogP contribution in [0.4, 0.5) is 13.2 Å². The number of hydrogen-bond acceptors (Lipinski definition) is 2. The summed E-state index contributed by atoms with van der Waals surface area (Å²) < 4.78 is 48.5. The summed E-state index contributed by atoms with van der Waals surface area (Å²) in [7, 11) is 0. The molecule has 2 aromatic rings. The van der Waals surface area contributed by atoms with E-state index in [9.17, 15) is 18.0 Å². The third kappa shape index (κ3) is 4.03. The van der Waals surface area contributed by atoms with E-state index in [0.29, 0.717) is 5.56 Å². The fourth-order valence-corrected chi connectivity index (χ4v) is 2.96. The molecule has 0 radical (unpaired) electrons. The van der Waals surface area contributed by atoms with Gasteiger partial charge in [-0.2, -0.15) is 0 Å². The van der Waals surface area contributed by atoms with Crippen molar-refractivity contribution in [3.63, 3.8) is 0 Å². The molecule has 0 saturated carbocycles. The average molecular weight is 350 g/mol. The summed E-state index contributed by atoms with van der Waals surface area (Å²) in [5.74, 6) is -2.63. The maximum Gasteiger partial charge on any atom is 0.306 e. The molecule has 134 valence electrons. The highest BCUT2D eigenvalue weighted by molar-refractivity contribution is 5.72. The SMILES string of the molecule is CCOC(=O)CCc1c(F)c(C)cc(-c2c(C)cc(C)cc2F)c1F. The molecule has 0 heterocycles. The molecule has 0 fully saturated rings. The summed E-state index contributed by atoms with van der Waals surface area (Å²) >= 11 is 0. The van der Waals surface area contributed by atoms with Gasteiger partial charge in [0.05, 0.1) is 6.61 Å². The van der Waals surface area contributed by atoms with Gasteiger partial charge in [-0.3, -0.25) is 4.79 Å². The molecule has 0 aromatic heterocycles. The lowest BCUT2D eigenvalue weighted by Gasteiger charge is -2.15. The maximum atomic E-state index is 14.9. The number of ether oxygens (including phenoxy) is 1. The molecule has 0 N–H and O–H groups in total. The average Bonchev–Trinajstić information content (AvgIpc) is 2.51. The van der Waals surface area contributed by atoms with Gasteiger partial charge < -0.3 is 4.74 Å². The Morgan fingerprint density at radius 3 is 2.28 bits per heavy atom. The molecular formula is C20H21F3O2. The number of aryl methyl sites for hydroxylation is 3. The molecule has 0 aliphatic heterocycles. The van der Waals surface area contributed by atoms with E-state index in [0.717, 1.165) is 5.56 Å². The smallest absolute Gasteiger partial charge is 0.306 e. The van der Waals surface area contributed by atoms with Crippen LogP contribution in [0.15, 0.2) is 18.2 Å². The van der Waals surface area contributed by atoms with Crippen molar-refractivity contribution in [2.24, 2.45) is 0 Å². The monoisotopic (exact) mass is 350 g/mol. The normalized spacial score (nSPS) is 10.8. The molecule has 0 aliphatic rings. The molecule has 0 saturated heterocycles. The van der Waals surface area contributed by atoms with Gasteiger partial charge in [0.15, 0.2) is 0 Å². The van der Waals surface area contributed by atoms with E-state index in [1.165, 1.54) is 19.1 Å². The Morgan fingerprint density at radius 2 is 1.68 bits per heavy atom. The molecule has 0 bridgehead atoms. The first-order valence-electron chi connectivity index (χ1n) is 8.16. The van der Waals surface area contributed by atoms with Crippen molar-refractivity contribution >= 4 is 5.97 Å². The lowest BCUT2D eigenvalue weighted by molar-refractivity contribution is -0.143. The first-order chi connectivity index (χ1) is 11.8. The number of benzene rings is 2. The Kier molecular flexibility index (Phi) is 5.88. The standard InChI is InChI=1S/C20H21F3O2/c1-5-25-17(24)7-6-14-19(22)13(4)10-15(20(14)23)18-12(3)8-11(2)9-16(18)21/h8-10H,5-7H2,1-4H3. The molecule has 0 atom stereocenters. The zero-order valence-corrected chi connectivity index (χ0v) is 14.8. The third-order valence-electron chi connectivity index (χ3n) is 4.06. The van der Waals surface area contributed by atoms with Crippen LogP contribution in [0.1, 0.15) is 35.6 Å². The highest BCUT2D eigenvalue weighted by Gasteiger charge is 2.21. The van der Waals surface area contributed by atoms with Crippen molar-refractivity contribution < 1.29 is 22.7 Å². The van der Waals surface area contributed by atoms with Gasteiger partial charge in [-0.15, -0.1) is 0 Å². The van der Waals surface area contributed by atoms with Gasteiger partial charge in [-0.05, 0) is 62.9 Å². The van der Waals surface area contributed by atoms with Crippen LogP contribution in [-0.4, -0.2) is 12.6 Å². The van der Waals surface area contributed by atoms with E-state index < -0.39 is 23.4 Å². The van der Waals surface area contributed by atoms with Crippen molar-refractivity contribution in [3.8, 4) is 11.1 Å². The topological polar surface area (TPSA) is 26.3 Å². The third-order valence-corrected chi connectivity index (χ3v) is 4.06. The fraction of sp³-hybridized carbons (Fsp3) is 0.350. The Hall–Kier alpha value is -2.30. The molecule has 2 rings (SSSR count). The van der Waals surface area contributed by atoms with Crippen LogP contribution in [-0.2, 0) is 16.0 Å². The van der Waals surface area contributed by atoms with Crippen LogP contribution >= 0.6 is 0 Å². The Labute approximate surface area is 145 Å². The van der Waals surface area contributed by atoms with E-state index >= 15 is 0 Å². The van der Waals surface area contributed by atoms with Crippen LogP contribution in [0.5, 0.6) is 0 Å². The quantitative estimate of drug-likeness (QED) is 0.694. The molecule has 2 nitrogen and oxygen atoms in total. The molecule has 5 heteroatoms. The van der Waals surface area contributed by atoms with Crippen LogP contribution in [0, 0.1) is 38.2 Å². The molecule has 25 heavy (non-hydrogen) atoms. The van der Waals surface area contributed by atoms with Crippen molar-refractivity contribution in [1.29, 1.82) is 0 Å². The molecule has 0 unspecified atom stereocenters. The summed E-state index contributed by atoms with van der Waals surface area (Å²) in [4.78, 5) is 11.5. The number of carbonyl (C=O) groups is 1. The highest BCUT2D eigenvalue weighted by atomic mass is 19.1. The van der Waals surface area contributed by atoms with E-state index in [1.807, 2.05) is 0 Å². The minimum absolute atomic E-state index is 0.00718. The van der Waals surface area contributed by atoms with Gasteiger partial charge >= 0.3 is 5.97 Å². The van der Waals surface area contributed by atoms with Crippen molar-refractivity contribution in [2.45, 2.75) is 40.5 Å².